The number of methoxy groups -OCH3 is 1. The van der Waals surface area contributed by atoms with Crippen molar-refractivity contribution < 1.29 is 17.9 Å². The molecule has 0 bridgehead atoms. The number of benzene rings is 3. The van der Waals surface area contributed by atoms with Gasteiger partial charge in [-0.05, 0) is 61.4 Å². The zero-order valence-corrected chi connectivity index (χ0v) is 17.9. The third-order valence-electron chi connectivity index (χ3n) is 4.65. The van der Waals surface area contributed by atoms with Crippen LogP contribution in [0.1, 0.15) is 27.0 Å². The summed E-state index contributed by atoms with van der Waals surface area (Å²) in [6.45, 7) is 4.16. The van der Waals surface area contributed by atoms with Gasteiger partial charge in [-0.3, -0.25) is 9.52 Å². The topological polar surface area (TPSA) is 84.5 Å². The molecular formula is C23H24N2O4S. The van der Waals surface area contributed by atoms with Crippen molar-refractivity contribution in [2.24, 2.45) is 0 Å². The number of anilines is 1. The predicted octanol–water partition coefficient (Wildman–Crippen LogP) is 4.04. The maximum Gasteiger partial charge on any atom is 0.261 e. The Morgan fingerprint density at radius 3 is 2.37 bits per heavy atom. The molecule has 0 atom stereocenters. The molecular weight excluding hydrogens is 400 g/mol. The van der Waals surface area contributed by atoms with E-state index in [2.05, 4.69) is 10.0 Å². The fraction of sp³-hybridized carbons (Fsp3) is 0.174. The predicted molar refractivity (Wildman–Crippen MR) is 117 cm³/mol. The maximum atomic E-state index is 12.7. The number of carbonyl (C=O) groups excluding carboxylic acids is 1. The Bertz CT molecular complexity index is 1160. The van der Waals surface area contributed by atoms with Crippen LogP contribution in [0.3, 0.4) is 0 Å². The van der Waals surface area contributed by atoms with Crippen LogP contribution in [0, 0.1) is 13.8 Å². The first-order chi connectivity index (χ1) is 14.3. The van der Waals surface area contributed by atoms with Crippen molar-refractivity contribution in [2.75, 3.05) is 11.8 Å². The van der Waals surface area contributed by atoms with Crippen LogP contribution >= 0.6 is 0 Å². The molecule has 156 valence electrons. The summed E-state index contributed by atoms with van der Waals surface area (Å²) >= 11 is 0. The van der Waals surface area contributed by atoms with Gasteiger partial charge >= 0.3 is 0 Å². The summed E-state index contributed by atoms with van der Waals surface area (Å²) in [4.78, 5) is 12.7. The second kappa shape index (κ2) is 9.00. The molecule has 0 aromatic heterocycles. The van der Waals surface area contributed by atoms with E-state index in [-0.39, 0.29) is 10.8 Å². The van der Waals surface area contributed by atoms with Gasteiger partial charge in [0.05, 0.1) is 17.7 Å². The molecule has 0 aliphatic carbocycles. The minimum atomic E-state index is -3.80. The van der Waals surface area contributed by atoms with Crippen molar-refractivity contribution >= 4 is 21.6 Å². The highest BCUT2D eigenvalue weighted by Crippen LogP contribution is 2.23. The molecule has 0 unspecified atom stereocenters. The zero-order chi connectivity index (χ0) is 21.7. The van der Waals surface area contributed by atoms with Crippen LogP contribution in [0.5, 0.6) is 5.75 Å². The van der Waals surface area contributed by atoms with Crippen LogP contribution in [0.15, 0.2) is 71.6 Å². The van der Waals surface area contributed by atoms with E-state index in [0.29, 0.717) is 29.1 Å². The van der Waals surface area contributed by atoms with Crippen molar-refractivity contribution in [1.82, 2.24) is 5.32 Å². The van der Waals surface area contributed by atoms with E-state index in [4.69, 9.17) is 4.74 Å². The number of carbonyl (C=O) groups is 1. The largest absolute Gasteiger partial charge is 0.497 e. The van der Waals surface area contributed by atoms with Crippen molar-refractivity contribution in [3.8, 4) is 5.75 Å². The molecule has 3 aromatic carbocycles. The van der Waals surface area contributed by atoms with Gasteiger partial charge in [0, 0.05) is 12.1 Å². The highest BCUT2D eigenvalue weighted by molar-refractivity contribution is 7.92. The molecule has 7 heteroatoms. The van der Waals surface area contributed by atoms with Gasteiger partial charge in [0.1, 0.15) is 5.75 Å². The van der Waals surface area contributed by atoms with E-state index in [1.807, 2.05) is 31.2 Å². The lowest BCUT2D eigenvalue weighted by Gasteiger charge is -2.13. The van der Waals surface area contributed by atoms with E-state index in [0.717, 1.165) is 11.1 Å². The molecule has 0 fully saturated rings. The van der Waals surface area contributed by atoms with Crippen molar-refractivity contribution in [3.05, 3.63) is 89.0 Å². The smallest absolute Gasteiger partial charge is 0.261 e. The molecule has 0 spiro atoms. The number of ether oxygens (including phenoxy) is 1. The fourth-order valence-corrected chi connectivity index (χ4v) is 4.06. The lowest BCUT2D eigenvalue weighted by atomic mass is 10.1. The quantitative estimate of drug-likeness (QED) is 0.599. The SMILES string of the molecule is COc1ccc(S(=O)(=O)Nc2cc(C(=O)NCc3cccc(C)c3)ccc2C)cc1. The molecule has 3 aromatic rings. The van der Waals surface area contributed by atoms with Crippen LogP contribution in [0.4, 0.5) is 5.69 Å². The molecule has 0 radical (unpaired) electrons. The van der Waals surface area contributed by atoms with E-state index in [1.165, 1.54) is 19.2 Å². The molecule has 2 N–H and O–H groups in total. The van der Waals surface area contributed by atoms with Gasteiger partial charge in [-0.2, -0.15) is 0 Å². The van der Waals surface area contributed by atoms with E-state index in [1.54, 1.807) is 37.3 Å². The van der Waals surface area contributed by atoms with Crippen LogP contribution in [0.25, 0.3) is 0 Å². The lowest BCUT2D eigenvalue weighted by Crippen LogP contribution is -2.23. The molecule has 0 aliphatic rings. The first kappa shape index (κ1) is 21.4. The molecule has 0 heterocycles. The Hall–Kier alpha value is -3.32. The summed E-state index contributed by atoms with van der Waals surface area (Å²) in [5.41, 5.74) is 3.56. The molecule has 1 amide bonds. The van der Waals surface area contributed by atoms with E-state index < -0.39 is 10.0 Å². The third-order valence-corrected chi connectivity index (χ3v) is 6.03. The first-order valence-electron chi connectivity index (χ1n) is 9.40. The minimum absolute atomic E-state index is 0.108. The Morgan fingerprint density at radius 2 is 1.70 bits per heavy atom. The second-order valence-electron chi connectivity index (χ2n) is 6.98. The Balaban J connectivity index is 1.76. The van der Waals surface area contributed by atoms with Crippen LogP contribution in [-0.4, -0.2) is 21.4 Å². The summed E-state index contributed by atoms with van der Waals surface area (Å²) in [5, 5.41) is 2.87. The van der Waals surface area contributed by atoms with Gasteiger partial charge in [-0.15, -0.1) is 0 Å². The van der Waals surface area contributed by atoms with Crippen molar-refractivity contribution in [2.45, 2.75) is 25.3 Å². The summed E-state index contributed by atoms with van der Waals surface area (Å²) in [5.74, 6) is 0.291. The maximum absolute atomic E-state index is 12.7. The molecule has 6 nitrogen and oxygen atoms in total. The third kappa shape index (κ3) is 5.18. The van der Waals surface area contributed by atoms with Gasteiger partial charge in [0.15, 0.2) is 0 Å². The van der Waals surface area contributed by atoms with Gasteiger partial charge in [-0.25, -0.2) is 8.42 Å². The molecule has 3 rings (SSSR count). The number of rotatable bonds is 7. The zero-order valence-electron chi connectivity index (χ0n) is 17.1. The number of aryl methyl sites for hydroxylation is 2. The highest BCUT2D eigenvalue weighted by atomic mass is 32.2. The Labute approximate surface area is 177 Å². The average molecular weight is 425 g/mol. The number of sulfonamides is 1. The van der Waals surface area contributed by atoms with Gasteiger partial charge in [0.25, 0.3) is 15.9 Å². The van der Waals surface area contributed by atoms with E-state index in [9.17, 15) is 13.2 Å². The fourth-order valence-electron chi connectivity index (χ4n) is 2.94. The number of amides is 1. The Morgan fingerprint density at radius 1 is 0.967 bits per heavy atom. The van der Waals surface area contributed by atoms with Crippen LogP contribution < -0.4 is 14.8 Å². The molecule has 0 aliphatic heterocycles. The van der Waals surface area contributed by atoms with Crippen molar-refractivity contribution in [1.29, 1.82) is 0 Å². The number of hydrogen-bond donors (Lipinski definition) is 2. The summed E-state index contributed by atoms with van der Waals surface area (Å²) < 4.78 is 33.1. The molecule has 0 saturated carbocycles. The molecule has 0 saturated heterocycles. The monoisotopic (exact) mass is 424 g/mol. The highest BCUT2D eigenvalue weighted by Gasteiger charge is 2.17. The van der Waals surface area contributed by atoms with Crippen molar-refractivity contribution in [3.63, 3.8) is 0 Å². The first-order valence-corrected chi connectivity index (χ1v) is 10.9. The van der Waals surface area contributed by atoms with E-state index >= 15 is 0 Å². The number of nitrogens with one attached hydrogen (secondary N) is 2. The van der Waals surface area contributed by atoms with Gasteiger partial charge in [-0.1, -0.05) is 35.9 Å². The summed E-state index contributed by atoms with van der Waals surface area (Å²) in [6, 6.07) is 18.9. The van der Waals surface area contributed by atoms with Crippen LogP contribution in [-0.2, 0) is 16.6 Å². The van der Waals surface area contributed by atoms with Crippen LogP contribution in [0.2, 0.25) is 0 Å². The Kier molecular flexibility index (Phi) is 6.42. The lowest BCUT2D eigenvalue weighted by molar-refractivity contribution is 0.0951. The van der Waals surface area contributed by atoms with Gasteiger partial charge < -0.3 is 10.1 Å². The minimum Gasteiger partial charge on any atom is -0.497 e. The summed E-state index contributed by atoms with van der Waals surface area (Å²) in [7, 11) is -2.29. The molecule has 30 heavy (non-hydrogen) atoms. The second-order valence-corrected chi connectivity index (χ2v) is 8.66. The number of hydrogen-bond acceptors (Lipinski definition) is 4. The standard InChI is InChI=1S/C23H24N2O4S/c1-16-5-4-6-18(13-16)15-24-23(26)19-8-7-17(2)22(14-19)25-30(27,28)21-11-9-20(29-3)10-12-21/h4-14,25H,15H2,1-3H3,(H,24,26). The average Bonchev–Trinajstić information content (AvgIpc) is 2.73. The normalized spacial score (nSPS) is 11.0. The van der Waals surface area contributed by atoms with Gasteiger partial charge in [0.2, 0.25) is 0 Å². The summed E-state index contributed by atoms with van der Waals surface area (Å²) in [6.07, 6.45) is 0.